The first-order chi connectivity index (χ1) is 3.00. The summed E-state index contributed by atoms with van der Waals surface area (Å²) in [7, 11) is 0. The SMILES string of the molecule is C1=C[O+]CCO1. The number of hydrogen-bond acceptors (Lipinski definition) is 2. The Balaban J connectivity index is 2.26. The van der Waals surface area contributed by atoms with Gasteiger partial charge in [-0.05, 0) is 0 Å². The lowest BCUT2D eigenvalue weighted by molar-refractivity contribution is 0.108. The fourth-order valence-corrected chi connectivity index (χ4v) is 0.311. The second-order valence-electron chi connectivity index (χ2n) is 1.01. The van der Waals surface area contributed by atoms with Crippen molar-refractivity contribution in [1.29, 1.82) is 0 Å². The molecule has 1 radical (unpaired) electrons. The van der Waals surface area contributed by atoms with E-state index >= 15 is 0 Å². The van der Waals surface area contributed by atoms with Gasteiger partial charge in [0.2, 0.25) is 0 Å². The van der Waals surface area contributed by atoms with Crippen LogP contribution in [0.15, 0.2) is 12.5 Å². The Hall–Kier alpha value is -0.660. The van der Waals surface area contributed by atoms with Gasteiger partial charge in [0.25, 0.3) is 6.61 Å². The molecule has 0 aromatic rings. The van der Waals surface area contributed by atoms with E-state index in [1.54, 1.807) is 12.5 Å². The van der Waals surface area contributed by atoms with Crippen LogP contribution in [0, 0.1) is 0 Å². The van der Waals surface area contributed by atoms with Crippen molar-refractivity contribution in [2.45, 2.75) is 0 Å². The molecule has 1 aliphatic rings. The van der Waals surface area contributed by atoms with Crippen LogP contribution in [-0.4, -0.2) is 13.2 Å². The molecule has 0 saturated carbocycles. The van der Waals surface area contributed by atoms with Gasteiger partial charge < -0.3 is 4.74 Å². The van der Waals surface area contributed by atoms with E-state index in [0.717, 1.165) is 0 Å². The highest BCUT2D eigenvalue weighted by Crippen LogP contribution is 1.87. The Morgan fingerprint density at radius 2 is 2.67 bits per heavy atom. The minimum absolute atomic E-state index is 0.691. The minimum atomic E-state index is 0.691. The molecule has 0 saturated heterocycles. The third kappa shape index (κ3) is 0.641. The molecule has 1 rings (SSSR count). The van der Waals surface area contributed by atoms with Crippen molar-refractivity contribution in [2.75, 3.05) is 13.2 Å². The van der Waals surface area contributed by atoms with Crippen molar-refractivity contribution in [3.05, 3.63) is 12.5 Å². The Kier molecular flexibility index (Phi) is 0.998. The van der Waals surface area contributed by atoms with Crippen LogP contribution in [0.5, 0.6) is 0 Å². The predicted molar refractivity (Wildman–Crippen MR) is 21.0 cm³/mol. The van der Waals surface area contributed by atoms with E-state index in [-0.39, 0.29) is 0 Å². The van der Waals surface area contributed by atoms with E-state index in [1.807, 2.05) is 0 Å². The Morgan fingerprint density at radius 1 is 1.67 bits per heavy atom. The monoisotopic (exact) mass is 86.0 g/mol. The Labute approximate surface area is 36.4 Å². The topological polar surface area (TPSA) is 20.5 Å². The molecular weight excluding hydrogens is 80.0 g/mol. The van der Waals surface area contributed by atoms with Gasteiger partial charge in [0.1, 0.15) is 0 Å². The van der Waals surface area contributed by atoms with E-state index in [4.69, 9.17) is 9.47 Å². The first-order valence-corrected chi connectivity index (χ1v) is 1.88. The minimum Gasteiger partial charge on any atom is -0.482 e. The molecule has 0 aliphatic carbocycles. The molecule has 0 atom stereocenters. The summed E-state index contributed by atoms with van der Waals surface area (Å²) in [6.07, 6.45) is 3.09. The van der Waals surface area contributed by atoms with Crippen LogP contribution < -0.4 is 0 Å². The van der Waals surface area contributed by atoms with Gasteiger partial charge in [-0.15, -0.1) is 0 Å². The number of rotatable bonds is 0. The molecule has 0 amide bonds. The molecule has 2 nitrogen and oxygen atoms in total. The zero-order valence-electron chi connectivity index (χ0n) is 3.39. The summed E-state index contributed by atoms with van der Waals surface area (Å²) in [5, 5.41) is 0. The largest absolute Gasteiger partial charge is 0.482 e. The van der Waals surface area contributed by atoms with Gasteiger partial charge in [-0.25, -0.2) is 0 Å². The summed E-state index contributed by atoms with van der Waals surface area (Å²) in [6, 6.07) is 0. The maximum absolute atomic E-state index is 4.76. The van der Waals surface area contributed by atoms with E-state index in [1.165, 1.54) is 0 Å². The summed E-state index contributed by atoms with van der Waals surface area (Å²) in [5.74, 6) is 0. The zero-order valence-corrected chi connectivity index (χ0v) is 3.39. The maximum Gasteiger partial charge on any atom is 0.342 e. The molecule has 6 heavy (non-hydrogen) atoms. The third-order valence-electron chi connectivity index (χ3n) is 0.567. The second-order valence-corrected chi connectivity index (χ2v) is 1.01. The van der Waals surface area contributed by atoms with Gasteiger partial charge in [0.15, 0.2) is 12.9 Å². The fraction of sp³-hybridized carbons (Fsp3) is 0.500. The van der Waals surface area contributed by atoms with E-state index in [9.17, 15) is 0 Å². The van der Waals surface area contributed by atoms with Crippen molar-refractivity contribution in [3.8, 4) is 0 Å². The van der Waals surface area contributed by atoms with Gasteiger partial charge in [-0.1, -0.05) is 0 Å². The predicted octanol–water partition coefficient (Wildman–Crippen LogP) is 0.504. The summed E-state index contributed by atoms with van der Waals surface area (Å²) in [6.45, 7) is 1.38. The van der Waals surface area contributed by atoms with Crippen LogP contribution >= 0.6 is 0 Å². The standard InChI is InChI=1S/C4H6O2/c1-2-6-4-3-5-1/h1-2H,3-4H2/q+1. The summed E-state index contributed by atoms with van der Waals surface area (Å²) in [4.78, 5) is 0. The molecule has 0 unspecified atom stereocenters. The molecule has 0 bridgehead atoms. The van der Waals surface area contributed by atoms with Crippen molar-refractivity contribution in [2.24, 2.45) is 0 Å². The third-order valence-corrected chi connectivity index (χ3v) is 0.567. The highest BCUT2D eigenvalue weighted by atomic mass is 16.5. The molecule has 0 aromatic carbocycles. The number of hydrogen-bond donors (Lipinski definition) is 0. The van der Waals surface area contributed by atoms with Crippen molar-refractivity contribution >= 4 is 0 Å². The summed E-state index contributed by atoms with van der Waals surface area (Å²) < 4.78 is 9.53. The average molecular weight is 86.1 g/mol. The van der Waals surface area contributed by atoms with Crippen molar-refractivity contribution in [3.63, 3.8) is 0 Å². The summed E-state index contributed by atoms with van der Waals surface area (Å²) in [5.41, 5.74) is 0. The molecule has 0 aromatic heterocycles. The zero-order chi connectivity index (χ0) is 4.24. The molecule has 0 N–H and O–H groups in total. The molecule has 2 heteroatoms. The molecular formula is C4H6O2+. The van der Waals surface area contributed by atoms with Gasteiger partial charge in [-0.2, -0.15) is 0 Å². The first-order valence-electron chi connectivity index (χ1n) is 1.88. The first kappa shape index (κ1) is 3.53. The van der Waals surface area contributed by atoms with Gasteiger partial charge >= 0.3 is 6.26 Å². The lowest BCUT2D eigenvalue weighted by atomic mass is 10.7. The van der Waals surface area contributed by atoms with E-state index in [0.29, 0.717) is 13.2 Å². The van der Waals surface area contributed by atoms with Gasteiger partial charge in [0, 0.05) is 0 Å². The fourth-order valence-electron chi connectivity index (χ4n) is 0.311. The molecule has 0 spiro atoms. The van der Waals surface area contributed by atoms with E-state index in [2.05, 4.69) is 0 Å². The van der Waals surface area contributed by atoms with Crippen LogP contribution in [0.2, 0.25) is 0 Å². The number of ether oxygens (including phenoxy) is 2. The molecule has 0 fully saturated rings. The van der Waals surface area contributed by atoms with Crippen LogP contribution in [-0.2, 0) is 9.47 Å². The van der Waals surface area contributed by atoms with Crippen molar-refractivity contribution in [1.82, 2.24) is 0 Å². The van der Waals surface area contributed by atoms with Crippen LogP contribution in [0.25, 0.3) is 0 Å². The Morgan fingerprint density at radius 3 is 2.83 bits per heavy atom. The molecule has 1 aliphatic heterocycles. The van der Waals surface area contributed by atoms with Crippen LogP contribution in [0.4, 0.5) is 0 Å². The highest BCUT2D eigenvalue weighted by Gasteiger charge is 1.98. The summed E-state index contributed by atoms with van der Waals surface area (Å²) >= 11 is 0. The average Bonchev–Trinajstić information content (AvgIpc) is 1.72. The lowest BCUT2D eigenvalue weighted by Gasteiger charge is -1.93. The lowest BCUT2D eigenvalue weighted by Crippen LogP contribution is -2.00. The van der Waals surface area contributed by atoms with Gasteiger partial charge in [-0.3, -0.25) is 4.74 Å². The molecule has 33 valence electrons. The quantitative estimate of drug-likeness (QED) is 0.400. The Bertz CT molecular complexity index is 50.6. The maximum atomic E-state index is 4.76. The molecule has 1 heterocycles. The van der Waals surface area contributed by atoms with Gasteiger partial charge in [0.05, 0.1) is 0 Å². The van der Waals surface area contributed by atoms with Crippen molar-refractivity contribution < 1.29 is 9.47 Å². The second kappa shape index (κ2) is 1.70. The van der Waals surface area contributed by atoms with Crippen LogP contribution in [0.3, 0.4) is 0 Å². The van der Waals surface area contributed by atoms with E-state index < -0.39 is 0 Å². The van der Waals surface area contributed by atoms with Crippen LogP contribution in [0.1, 0.15) is 0 Å². The smallest absolute Gasteiger partial charge is 0.342 e. The highest BCUT2D eigenvalue weighted by molar-refractivity contribution is 4.64. The normalized spacial score (nSPS) is 18.7.